The predicted octanol–water partition coefficient (Wildman–Crippen LogP) is 7.20. The second-order valence-electron chi connectivity index (χ2n) is 14.2. The zero-order valence-electron chi connectivity index (χ0n) is 29.5. The maximum atomic E-state index is 12.3. The average Bonchev–Trinajstić information content (AvgIpc) is 3.83. The number of alkyl carbamates (subject to hydrolysis) is 1. The van der Waals surface area contributed by atoms with Crippen LogP contribution in [0.15, 0.2) is 97.3 Å². The predicted molar refractivity (Wildman–Crippen MR) is 199 cm³/mol. The third kappa shape index (κ3) is 7.10. The third-order valence-corrected chi connectivity index (χ3v) is 9.32. The number of pyridine rings is 3. The minimum Gasteiger partial charge on any atom is -0.444 e. The highest BCUT2D eigenvalue weighted by Gasteiger charge is 2.24. The van der Waals surface area contributed by atoms with E-state index in [9.17, 15) is 4.79 Å². The molecule has 0 spiro atoms. The molecule has 1 aliphatic rings. The third-order valence-electron chi connectivity index (χ3n) is 9.32. The molecule has 8 rings (SSSR count). The number of piperidine rings is 1. The van der Waals surface area contributed by atoms with E-state index in [0.717, 1.165) is 77.3 Å². The van der Waals surface area contributed by atoms with Crippen molar-refractivity contribution in [1.82, 2.24) is 50.0 Å². The Morgan fingerprint density at radius 2 is 1.71 bits per heavy atom. The molecule has 0 aliphatic carbocycles. The van der Waals surface area contributed by atoms with Gasteiger partial charge in [-0.2, -0.15) is 5.10 Å². The fourth-order valence-electron chi connectivity index (χ4n) is 6.74. The van der Waals surface area contributed by atoms with Crippen LogP contribution >= 0.6 is 0 Å². The summed E-state index contributed by atoms with van der Waals surface area (Å²) in [7, 11) is 0. The molecule has 0 bridgehead atoms. The van der Waals surface area contributed by atoms with E-state index in [4.69, 9.17) is 14.7 Å². The summed E-state index contributed by atoms with van der Waals surface area (Å²) in [6.07, 6.45) is 5.21. The van der Waals surface area contributed by atoms with Gasteiger partial charge >= 0.3 is 6.09 Å². The van der Waals surface area contributed by atoms with E-state index in [1.54, 1.807) is 6.20 Å². The summed E-state index contributed by atoms with van der Waals surface area (Å²) >= 11 is 0. The van der Waals surface area contributed by atoms with Gasteiger partial charge < -0.3 is 10.1 Å². The van der Waals surface area contributed by atoms with Crippen molar-refractivity contribution in [2.75, 3.05) is 13.1 Å². The molecule has 6 heterocycles. The molecule has 0 radical (unpaired) electrons. The van der Waals surface area contributed by atoms with Crippen molar-refractivity contribution in [3.63, 3.8) is 0 Å². The highest BCUT2D eigenvalue weighted by molar-refractivity contribution is 5.98. The first-order chi connectivity index (χ1) is 25.3. The molecule has 0 saturated carbocycles. The molecule has 0 unspecified atom stereocenters. The fraction of sp³-hybridized carbons (Fsp3) is 0.275. The maximum absolute atomic E-state index is 12.3. The summed E-state index contributed by atoms with van der Waals surface area (Å²) in [5, 5.41) is 20.1. The Morgan fingerprint density at radius 3 is 2.46 bits per heavy atom. The van der Waals surface area contributed by atoms with Crippen LogP contribution in [-0.4, -0.2) is 69.4 Å². The molecule has 1 amide bonds. The molecule has 1 saturated heterocycles. The zero-order valence-corrected chi connectivity index (χ0v) is 29.5. The lowest BCUT2D eigenvalue weighted by Crippen LogP contribution is -2.32. The van der Waals surface area contributed by atoms with E-state index in [1.807, 2.05) is 73.8 Å². The summed E-state index contributed by atoms with van der Waals surface area (Å²) in [4.78, 5) is 29.1. The topological polar surface area (TPSA) is 139 Å². The van der Waals surface area contributed by atoms with E-state index in [1.165, 1.54) is 5.56 Å². The van der Waals surface area contributed by atoms with Gasteiger partial charge in [0.15, 0.2) is 17.3 Å². The number of rotatable bonds is 8. The maximum Gasteiger partial charge on any atom is 0.408 e. The molecular formula is C40H40N10O2. The van der Waals surface area contributed by atoms with Crippen LogP contribution in [0.4, 0.5) is 4.79 Å². The van der Waals surface area contributed by atoms with Crippen LogP contribution in [0.5, 0.6) is 0 Å². The largest absolute Gasteiger partial charge is 0.444 e. The van der Waals surface area contributed by atoms with Crippen LogP contribution in [0.2, 0.25) is 0 Å². The van der Waals surface area contributed by atoms with E-state index in [2.05, 4.69) is 78.1 Å². The number of carbonyl (C=O) groups is 1. The molecule has 2 N–H and O–H groups in total. The first-order valence-corrected chi connectivity index (χ1v) is 17.6. The molecule has 12 heteroatoms. The molecular weight excluding hydrogens is 653 g/mol. The van der Waals surface area contributed by atoms with Gasteiger partial charge in [-0.3, -0.25) is 19.4 Å². The summed E-state index contributed by atoms with van der Waals surface area (Å²) in [5.41, 5.74) is 6.96. The first kappa shape index (κ1) is 33.2. The van der Waals surface area contributed by atoms with Gasteiger partial charge in [0.1, 0.15) is 17.1 Å². The van der Waals surface area contributed by atoms with Crippen LogP contribution in [-0.2, 0) is 17.8 Å². The molecule has 1 fully saturated rings. The van der Waals surface area contributed by atoms with E-state index in [0.29, 0.717) is 23.2 Å². The van der Waals surface area contributed by atoms with Gasteiger partial charge in [-0.05, 0) is 82.1 Å². The number of carbonyl (C=O) groups excluding carboxylic acids is 1. The Labute approximate surface area is 301 Å². The number of aromatic amines is 1. The molecule has 262 valence electrons. The summed E-state index contributed by atoms with van der Waals surface area (Å²) in [5.74, 6) is 2.56. The van der Waals surface area contributed by atoms with Gasteiger partial charge in [0.25, 0.3) is 0 Å². The summed E-state index contributed by atoms with van der Waals surface area (Å²) < 4.78 is 7.28. The number of nitrogens with one attached hydrogen (secondary N) is 2. The smallest absolute Gasteiger partial charge is 0.408 e. The van der Waals surface area contributed by atoms with Crippen molar-refractivity contribution in [3.05, 3.63) is 115 Å². The van der Waals surface area contributed by atoms with Crippen LogP contribution < -0.4 is 5.32 Å². The molecule has 0 atom stereocenters. The second kappa shape index (κ2) is 14.0. The minimum atomic E-state index is -0.589. The lowest BCUT2D eigenvalue weighted by molar-refractivity contribution is 0.0522. The monoisotopic (exact) mass is 692 g/mol. The number of ether oxygens (including phenoxy) is 1. The van der Waals surface area contributed by atoms with Gasteiger partial charge in [0.2, 0.25) is 0 Å². The van der Waals surface area contributed by atoms with Crippen LogP contribution in [0.25, 0.3) is 50.5 Å². The van der Waals surface area contributed by atoms with Crippen molar-refractivity contribution < 1.29 is 9.53 Å². The average molecular weight is 693 g/mol. The highest BCUT2D eigenvalue weighted by atomic mass is 16.6. The molecule has 7 aromatic rings. The lowest BCUT2D eigenvalue weighted by Gasteiger charge is -2.31. The Kier molecular flexibility index (Phi) is 8.90. The normalized spacial score (nSPS) is 14.2. The molecule has 1 aliphatic heterocycles. The van der Waals surface area contributed by atoms with Gasteiger partial charge in [-0.1, -0.05) is 60.7 Å². The van der Waals surface area contributed by atoms with Crippen molar-refractivity contribution in [3.8, 4) is 33.9 Å². The van der Waals surface area contributed by atoms with Gasteiger partial charge in [-0.15, -0.1) is 10.2 Å². The number of nitrogens with zero attached hydrogens (tertiary/aromatic N) is 8. The van der Waals surface area contributed by atoms with Crippen molar-refractivity contribution in [2.45, 2.75) is 58.2 Å². The second-order valence-corrected chi connectivity index (χ2v) is 14.2. The number of amides is 1. The zero-order chi connectivity index (χ0) is 35.7. The van der Waals surface area contributed by atoms with Gasteiger partial charge in [0, 0.05) is 41.4 Å². The Hall–Kier alpha value is -6.01. The number of H-pyrrole nitrogens is 1. The quantitative estimate of drug-likeness (QED) is 0.169. The Bertz CT molecular complexity index is 2320. The van der Waals surface area contributed by atoms with E-state index in [-0.39, 0.29) is 6.54 Å². The minimum absolute atomic E-state index is 0.179. The van der Waals surface area contributed by atoms with Crippen LogP contribution in [0, 0.1) is 0 Å². The number of fused-ring (bicyclic) bond motifs is 3. The number of hydrogen-bond donors (Lipinski definition) is 2. The molecule has 52 heavy (non-hydrogen) atoms. The SMILES string of the molecule is CC(C)(C)OC(=O)NCc1nnc2c3cc(-c4ccccc4)c(-c4ccc(CN5CCC(c6nc(-c7ccccn7)n[nH]6)CC5)cc4)nc3ccn12. The van der Waals surface area contributed by atoms with Crippen molar-refractivity contribution in [2.24, 2.45) is 0 Å². The summed E-state index contributed by atoms with van der Waals surface area (Å²) in [6, 6.07) is 29.0. The number of benzene rings is 2. The Morgan fingerprint density at radius 1 is 0.923 bits per heavy atom. The summed E-state index contributed by atoms with van der Waals surface area (Å²) in [6.45, 7) is 8.54. The van der Waals surface area contributed by atoms with Crippen molar-refractivity contribution >= 4 is 22.6 Å². The van der Waals surface area contributed by atoms with E-state index < -0.39 is 11.7 Å². The van der Waals surface area contributed by atoms with Crippen LogP contribution in [0.3, 0.4) is 0 Å². The lowest BCUT2D eigenvalue weighted by atomic mass is 9.95. The van der Waals surface area contributed by atoms with Crippen molar-refractivity contribution in [1.29, 1.82) is 0 Å². The number of aromatic nitrogens is 8. The Balaban J connectivity index is 0.995. The fourth-order valence-corrected chi connectivity index (χ4v) is 6.74. The van der Waals surface area contributed by atoms with Gasteiger partial charge in [0.05, 0.1) is 17.8 Å². The molecule has 5 aromatic heterocycles. The van der Waals surface area contributed by atoms with Gasteiger partial charge in [-0.25, -0.2) is 14.8 Å². The van der Waals surface area contributed by atoms with E-state index >= 15 is 0 Å². The molecule has 2 aromatic carbocycles. The number of hydrogen-bond acceptors (Lipinski definition) is 9. The molecule has 12 nitrogen and oxygen atoms in total. The number of likely N-dealkylation sites (tertiary alicyclic amines) is 1. The van der Waals surface area contributed by atoms with Crippen LogP contribution in [0.1, 0.15) is 56.7 Å². The standard InChI is InChI=1S/C40H40N10O2/c1-40(2,3)52-39(51)42-24-34-45-48-38-31-23-30(27-9-5-4-6-10-27)35(43-32(31)18-22-50(34)38)28-14-12-26(13-15-28)25-49-20-16-29(17-21-49)36-44-37(47-46-36)33-11-7-8-19-41-33/h4-15,18-19,22-23,29H,16-17,20-21,24-25H2,1-3H3,(H,42,51)(H,44,46,47). The highest BCUT2D eigenvalue weighted by Crippen LogP contribution is 2.35. The first-order valence-electron chi connectivity index (χ1n) is 17.6.